The zero-order valence-electron chi connectivity index (χ0n) is 17.1. The molecule has 0 spiro atoms. The van der Waals surface area contributed by atoms with Crippen LogP contribution in [0.3, 0.4) is 0 Å². The minimum absolute atomic E-state index is 0.0959. The summed E-state index contributed by atoms with van der Waals surface area (Å²) in [7, 11) is 0. The fourth-order valence-electron chi connectivity index (χ4n) is 3.77. The summed E-state index contributed by atoms with van der Waals surface area (Å²) in [5.41, 5.74) is 8.20. The lowest BCUT2D eigenvalue weighted by Crippen LogP contribution is -2.26. The van der Waals surface area contributed by atoms with Crippen LogP contribution in [0.5, 0.6) is 0 Å². The lowest BCUT2D eigenvalue weighted by molar-refractivity contribution is 0.0954. The highest BCUT2D eigenvalue weighted by atomic mass is 16.1. The van der Waals surface area contributed by atoms with Gasteiger partial charge in [0.2, 0.25) is 0 Å². The number of nitrogens with zero attached hydrogens (tertiary/aromatic N) is 4. The Hall–Kier alpha value is -3.15. The van der Waals surface area contributed by atoms with Crippen LogP contribution in [-0.2, 0) is 19.3 Å². The SMILES string of the molecule is Cc1cnnc(-c2ccc(C(=O)NCCc3nc(C)c4c(n3)CCC4)cc2)c1C. The fourth-order valence-corrected chi connectivity index (χ4v) is 3.77. The summed E-state index contributed by atoms with van der Waals surface area (Å²) >= 11 is 0. The molecule has 6 heteroatoms. The van der Waals surface area contributed by atoms with Crippen molar-refractivity contribution in [1.82, 2.24) is 25.5 Å². The molecule has 0 fully saturated rings. The first-order valence-electron chi connectivity index (χ1n) is 10.1. The second kappa shape index (κ2) is 8.07. The van der Waals surface area contributed by atoms with Gasteiger partial charge >= 0.3 is 0 Å². The van der Waals surface area contributed by atoms with Gasteiger partial charge in [0, 0.05) is 35.5 Å². The van der Waals surface area contributed by atoms with Crippen molar-refractivity contribution >= 4 is 5.91 Å². The van der Waals surface area contributed by atoms with Crippen molar-refractivity contribution < 1.29 is 4.79 Å². The number of carbonyl (C=O) groups excluding carboxylic acids is 1. The third-order valence-corrected chi connectivity index (χ3v) is 5.60. The lowest BCUT2D eigenvalue weighted by Gasteiger charge is -2.09. The van der Waals surface area contributed by atoms with Crippen molar-refractivity contribution in [3.8, 4) is 11.3 Å². The van der Waals surface area contributed by atoms with Gasteiger partial charge in [-0.3, -0.25) is 4.79 Å². The summed E-state index contributed by atoms with van der Waals surface area (Å²) in [6.07, 6.45) is 5.68. The van der Waals surface area contributed by atoms with E-state index in [1.54, 1.807) is 6.20 Å². The molecule has 1 N–H and O–H groups in total. The van der Waals surface area contributed by atoms with Crippen LogP contribution in [0.4, 0.5) is 0 Å². The van der Waals surface area contributed by atoms with Gasteiger partial charge in [-0.2, -0.15) is 10.2 Å². The van der Waals surface area contributed by atoms with E-state index < -0.39 is 0 Å². The Balaban J connectivity index is 1.38. The van der Waals surface area contributed by atoms with E-state index in [-0.39, 0.29) is 5.91 Å². The fraction of sp³-hybridized carbons (Fsp3) is 0.348. The number of amides is 1. The molecule has 2 aromatic heterocycles. The van der Waals surface area contributed by atoms with Gasteiger partial charge in [-0.15, -0.1) is 0 Å². The van der Waals surface area contributed by atoms with Crippen molar-refractivity contribution in [2.75, 3.05) is 6.54 Å². The number of fused-ring (bicyclic) bond motifs is 1. The van der Waals surface area contributed by atoms with E-state index in [1.165, 1.54) is 11.3 Å². The van der Waals surface area contributed by atoms with Crippen LogP contribution in [0.25, 0.3) is 11.3 Å². The average Bonchev–Trinajstić information content (AvgIpc) is 3.19. The Morgan fingerprint density at radius 2 is 1.86 bits per heavy atom. The molecule has 0 unspecified atom stereocenters. The molecule has 29 heavy (non-hydrogen) atoms. The van der Waals surface area contributed by atoms with Crippen molar-refractivity contribution in [1.29, 1.82) is 0 Å². The monoisotopic (exact) mass is 387 g/mol. The highest BCUT2D eigenvalue weighted by molar-refractivity contribution is 5.94. The molecule has 0 bridgehead atoms. The molecule has 1 amide bonds. The summed E-state index contributed by atoms with van der Waals surface area (Å²) in [5.74, 6) is 0.716. The van der Waals surface area contributed by atoms with Gasteiger partial charge in [-0.1, -0.05) is 12.1 Å². The Morgan fingerprint density at radius 3 is 2.66 bits per heavy atom. The third-order valence-electron chi connectivity index (χ3n) is 5.60. The number of carbonyl (C=O) groups is 1. The third kappa shape index (κ3) is 4.01. The van der Waals surface area contributed by atoms with Crippen molar-refractivity contribution in [2.45, 2.75) is 46.5 Å². The van der Waals surface area contributed by atoms with Crippen molar-refractivity contribution in [3.63, 3.8) is 0 Å². The molecule has 0 saturated heterocycles. The first-order valence-corrected chi connectivity index (χ1v) is 10.1. The maximum Gasteiger partial charge on any atom is 0.251 e. The molecule has 0 aliphatic heterocycles. The van der Waals surface area contributed by atoms with E-state index in [9.17, 15) is 4.79 Å². The van der Waals surface area contributed by atoms with Gasteiger partial charge in [0.1, 0.15) is 5.82 Å². The maximum absolute atomic E-state index is 12.5. The smallest absolute Gasteiger partial charge is 0.251 e. The second-order valence-corrected chi connectivity index (χ2v) is 7.59. The molecule has 2 heterocycles. The molecule has 4 rings (SSSR count). The maximum atomic E-state index is 12.5. The predicted octanol–water partition coefficient (Wildman–Crippen LogP) is 3.32. The van der Waals surface area contributed by atoms with E-state index >= 15 is 0 Å². The predicted molar refractivity (Wildman–Crippen MR) is 112 cm³/mol. The molecule has 0 radical (unpaired) electrons. The van der Waals surface area contributed by atoms with Gasteiger partial charge in [0.25, 0.3) is 5.91 Å². The lowest BCUT2D eigenvalue weighted by atomic mass is 10.0. The zero-order chi connectivity index (χ0) is 20.4. The van der Waals surface area contributed by atoms with Crippen LogP contribution < -0.4 is 5.32 Å². The Kier molecular flexibility index (Phi) is 5.34. The second-order valence-electron chi connectivity index (χ2n) is 7.59. The van der Waals surface area contributed by atoms with E-state index in [0.717, 1.165) is 53.2 Å². The minimum Gasteiger partial charge on any atom is -0.352 e. The van der Waals surface area contributed by atoms with E-state index in [2.05, 4.69) is 32.4 Å². The Morgan fingerprint density at radius 1 is 1.07 bits per heavy atom. The average molecular weight is 387 g/mol. The molecule has 0 atom stereocenters. The summed E-state index contributed by atoms with van der Waals surface area (Å²) in [6.45, 7) is 6.61. The van der Waals surface area contributed by atoms with Crippen LogP contribution in [0.15, 0.2) is 30.5 Å². The van der Waals surface area contributed by atoms with E-state index in [0.29, 0.717) is 18.5 Å². The molecule has 1 aliphatic rings. The zero-order valence-corrected chi connectivity index (χ0v) is 17.1. The number of rotatable bonds is 5. The Labute approximate surface area is 170 Å². The van der Waals surface area contributed by atoms with Gasteiger partial charge in [0.15, 0.2) is 0 Å². The van der Waals surface area contributed by atoms with E-state index in [4.69, 9.17) is 0 Å². The molecule has 1 aromatic carbocycles. The largest absolute Gasteiger partial charge is 0.352 e. The summed E-state index contributed by atoms with van der Waals surface area (Å²) in [6, 6.07) is 7.48. The van der Waals surface area contributed by atoms with Gasteiger partial charge in [-0.25, -0.2) is 9.97 Å². The van der Waals surface area contributed by atoms with E-state index in [1.807, 2.05) is 38.1 Å². The molecule has 148 valence electrons. The number of aromatic nitrogens is 4. The van der Waals surface area contributed by atoms with Crippen LogP contribution in [0, 0.1) is 20.8 Å². The topological polar surface area (TPSA) is 80.7 Å². The normalized spacial score (nSPS) is 12.7. The highest BCUT2D eigenvalue weighted by Crippen LogP contribution is 2.23. The first-order chi connectivity index (χ1) is 14.0. The number of benzene rings is 1. The van der Waals surface area contributed by atoms with Crippen LogP contribution in [0.1, 0.15) is 50.7 Å². The van der Waals surface area contributed by atoms with Crippen LogP contribution in [0.2, 0.25) is 0 Å². The van der Waals surface area contributed by atoms with Crippen LogP contribution >= 0.6 is 0 Å². The molecule has 3 aromatic rings. The van der Waals surface area contributed by atoms with Crippen LogP contribution in [-0.4, -0.2) is 32.6 Å². The molecule has 0 saturated carbocycles. The number of hydrogen-bond donors (Lipinski definition) is 1. The minimum atomic E-state index is -0.0959. The molecular formula is C23H25N5O. The standard InChI is InChI=1S/C23H25N5O/c1-14-13-25-28-22(15(14)2)17-7-9-18(10-8-17)23(29)24-12-11-21-26-16(3)19-5-4-6-20(19)27-21/h7-10,13H,4-6,11-12H2,1-3H3,(H,24,29). The highest BCUT2D eigenvalue weighted by Gasteiger charge is 2.17. The van der Waals surface area contributed by atoms with Gasteiger partial charge in [0.05, 0.1) is 11.9 Å². The summed E-state index contributed by atoms with van der Waals surface area (Å²) in [4.78, 5) is 21.7. The molecular weight excluding hydrogens is 362 g/mol. The first kappa shape index (κ1) is 19.2. The van der Waals surface area contributed by atoms with Crippen molar-refractivity contribution in [3.05, 3.63) is 69.9 Å². The number of hydrogen-bond acceptors (Lipinski definition) is 5. The molecule has 1 aliphatic carbocycles. The summed E-state index contributed by atoms with van der Waals surface area (Å²) in [5, 5.41) is 11.2. The van der Waals surface area contributed by atoms with Gasteiger partial charge in [-0.05, 0) is 68.9 Å². The number of nitrogens with one attached hydrogen (secondary N) is 1. The summed E-state index contributed by atoms with van der Waals surface area (Å²) < 4.78 is 0. The molecule has 6 nitrogen and oxygen atoms in total. The van der Waals surface area contributed by atoms with Gasteiger partial charge < -0.3 is 5.32 Å². The van der Waals surface area contributed by atoms with Crippen molar-refractivity contribution in [2.24, 2.45) is 0 Å². The Bertz CT molecular complexity index is 1060. The quantitative estimate of drug-likeness (QED) is 0.726. The number of aryl methyl sites for hydroxylation is 3.